The van der Waals surface area contributed by atoms with Gasteiger partial charge in [-0.1, -0.05) is 6.07 Å². The van der Waals surface area contributed by atoms with Gasteiger partial charge in [0, 0.05) is 30.4 Å². The second kappa shape index (κ2) is 8.60. The van der Waals surface area contributed by atoms with Gasteiger partial charge in [0.25, 0.3) is 0 Å². The molecule has 0 aliphatic heterocycles. The molecule has 2 aromatic carbocycles. The van der Waals surface area contributed by atoms with Gasteiger partial charge in [-0.25, -0.2) is 16.8 Å². The summed E-state index contributed by atoms with van der Waals surface area (Å²) in [4.78, 5) is 16.0. The lowest BCUT2D eigenvalue weighted by Gasteiger charge is -2.07. The third-order valence-electron chi connectivity index (χ3n) is 4.11. The summed E-state index contributed by atoms with van der Waals surface area (Å²) in [6.07, 6.45) is 7.26. The number of nitrogens with one attached hydrogen (secondary N) is 1. The van der Waals surface area contributed by atoms with E-state index in [2.05, 4.69) is 10.3 Å². The number of hydrogen-bond acceptors (Lipinski definition) is 6. The largest absolute Gasteiger partial charge is 0.323 e. The number of rotatable bonds is 6. The molecule has 3 aromatic rings. The fourth-order valence-electron chi connectivity index (χ4n) is 2.55. The smallest absolute Gasteiger partial charge is 0.248 e. The van der Waals surface area contributed by atoms with E-state index in [1.54, 1.807) is 30.6 Å². The monoisotopic (exact) mass is 442 g/mol. The SMILES string of the molecule is CS(=O)(=O)c1ccc(S(=O)(=O)c2ccc(NC(=O)C=Cc3cccnc3)cc2)cc1. The van der Waals surface area contributed by atoms with Crippen LogP contribution in [-0.4, -0.2) is 34.0 Å². The van der Waals surface area contributed by atoms with E-state index in [9.17, 15) is 21.6 Å². The van der Waals surface area contributed by atoms with Crippen molar-refractivity contribution in [2.75, 3.05) is 11.6 Å². The van der Waals surface area contributed by atoms with Crippen LogP contribution in [0.1, 0.15) is 5.56 Å². The van der Waals surface area contributed by atoms with Gasteiger partial charge in [-0.2, -0.15) is 0 Å². The topological polar surface area (TPSA) is 110 Å². The fraction of sp³-hybridized carbons (Fsp3) is 0.0476. The zero-order valence-electron chi connectivity index (χ0n) is 15.9. The molecule has 0 saturated carbocycles. The Morgan fingerprint density at radius 3 is 1.97 bits per heavy atom. The number of aromatic nitrogens is 1. The maximum absolute atomic E-state index is 12.7. The number of pyridine rings is 1. The lowest BCUT2D eigenvalue weighted by Crippen LogP contribution is -2.08. The lowest BCUT2D eigenvalue weighted by molar-refractivity contribution is -0.111. The molecule has 7 nitrogen and oxygen atoms in total. The van der Waals surface area contributed by atoms with Crippen LogP contribution in [0.2, 0.25) is 0 Å². The van der Waals surface area contributed by atoms with Crippen molar-refractivity contribution in [2.24, 2.45) is 0 Å². The Morgan fingerprint density at radius 1 is 0.867 bits per heavy atom. The van der Waals surface area contributed by atoms with Gasteiger partial charge in [-0.3, -0.25) is 9.78 Å². The van der Waals surface area contributed by atoms with Crippen molar-refractivity contribution in [1.82, 2.24) is 4.98 Å². The Hall–Kier alpha value is -3.30. The predicted molar refractivity (Wildman–Crippen MR) is 113 cm³/mol. The summed E-state index contributed by atoms with van der Waals surface area (Å²) in [6, 6.07) is 14.3. The second-order valence-corrected chi connectivity index (χ2v) is 10.3. The average Bonchev–Trinajstić information content (AvgIpc) is 2.73. The van der Waals surface area contributed by atoms with Gasteiger partial charge >= 0.3 is 0 Å². The van der Waals surface area contributed by atoms with Crippen LogP contribution < -0.4 is 5.32 Å². The van der Waals surface area contributed by atoms with E-state index in [-0.39, 0.29) is 20.6 Å². The van der Waals surface area contributed by atoms with Crippen LogP contribution in [0.5, 0.6) is 0 Å². The molecule has 1 amide bonds. The molecule has 1 N–H and O–H groups in total. The molecule has 0 fully saturated rings. The number of sulfone groups is 2. The number of benzene rings is 2. The van der Waals surface area contributed by atoms with Gasteiger partial charge in [0.05, 0.1) is 14.7 Å². The van der Waals surface area contributed by atoms with E-state index in [1.165, 1.54) is 54.6 Å². The van der Waals surface area contributed by atoms with Crippen molar-refractivity contribution >= 4 is 37.3 Å². The van der Waals surface area contributed by atoms with Crippen LogP contribution in [0.25, 0.3) is 6.08 Å². The Morgan fingerprint density at radius 2 is 1.43 bits per heavy atom. The van der Waals surface area contributed by atoms with Gasteiger partial charge < -0.3 is 5.32 Å². The minimum atomic E-state index is -3.82. The molecule has 30 heavy (non-hydrogen) atoms. The summed E-state index contributed by atoms with van der Waals surface area (Å²) in [6.45, 7) is 0. The Labute approximate surface area is 174 Å². The maximum Gasteiger partial charge on any atom is 0.248 e. The molecule has 1 aromatic heterocycles. The standard InChI is InChI=1S/C21H18N2O5S2/c1-29(25,26)18-9-11-20(12-10-18)30(27,28)19-7-5-17(6-8-19)23-21(24)13-4-16-3-2-14-22-15-16/h2-15H,1H3,(H,23,24). The van der Waals surface area contributed by atoms with Gasteiger partial charge in [0.2, 0.25) is 15.7 Å². The molecule has 9 heteroatoms. The van der Waals surface area contributed by atoms with Crippen molar-refractivity contribution in [3.63, 3.8) is 0 Å². The summed E-state index contributed by atoms with van der Waals surface area (Å²) in [7, 11) is -7.23. The van der Waals surface area contributed by atoms with E-state index in [1.807, 2.05) is 0 Å². The van der Waals surface area contributed by atoms with Crippen LogP contribution >= 0.6 is 0 Å². The Bertz CT molecular complexity index is 1280. The van der Waals surface area contributed by atoms with Crippen molar-refractivity contribution in [1.29, 1.82) is 0 Å². The second-order valence-electron chi connectivity index (χ2n) is 6.38. The van der Waals surface area contributed by atoms with Crippen molar-refractivity contribution in [2.45, 2.75) is 14.7 Å². The van der Waals surface area contributed by atoms with E-state index in [0.717, 1.165) is 11.8 Å². The number of amides is 1. The average molecular weight is 443 g/mol. The third kappa shape index (κ3) is 5.19. The van der Waals surface area contributed by atoms with Crippen molar-refractivity contribution in [3.8, 4) is 0 Å². The highest BCUT2D eigenvalue weighted by molar-refractivity contribution is 7.91. The van der Waals surface area contributed by atoms with Crippen LogP contribution in [0.4, 0.5) is 5.69 Å². The van der Waals surface area contributed by atoms with E-state index in [4.69, 9.17) is 0 Å². The van der Waals surface area contributed by atoms with Gasteiger partial charge in [0.1, 0.15) is 0 Å². The minimum absolute atomic E-state index is 0.0221. The van der Waals surface area contributed by atoms with Crippen LogP contribution in [0, 0.1) is 0 Å². The molecule has 1 heterocycles. The molecule has 0 atom stereocenters. The minimum Gasteiger partial charge on any atom is -0.323 e. The van der Waals surface area contributed by atoms with Gasteiger partial charge in [-0.15, -0.1) is 0 Å². The van der Waals surface area contributed by atoms with Crippen molar-refractivity contribution < 1.29 is 21.6 Å². The lowest BCUT2D eigenvalue weighted by atomic mass is 10.2. The first kappa shape index (κ1) is 21.4. The molecule has 0 aliphatic carbocycles. The zero-order chi connectivity index (χ0) is 21.8. The molecule has 0 aliphatic rings. The summed E-state index contributed by atoms with van der Waals surface area (Å²) in [5.41, 5.74) is 1.21. The molecule has 0 unspecified atom stereocenters. The number of carbonyl (C=O) groups excluding carboxylic acids is 1. The quantitative estimate of drug-likeness (QED) is 0.588. The first-order valence-corrected chi connectivity index (χ1v) is 12.1. The number of carbonyl (C=O) groups is 1. The Balaban J connectivity index is 1.73. The molecule has 0 radical (unpaired) electrons. The first-order chi connectivity index (χ1) is 14.2. The predicted octanol–water partition coefficient (Wildman–Crippen LogP) is 2.97. The van der Waals surface area contributed by atoms with Crippen LogP contribution in [-0.2, 0) is 24.5 Å². The number of nitrogens with zero attached hydrogens (tertiary/aromatic N) is 1. The molecular formula is C21H18N2O5S2. The summed E-state index contributed by atoms with van der Waals surface area (Å²) in [5, 5.41) is 2.65. The molecule has 0 saturated heterocycles. The summed E-state index contributed by atoms with van der Waals surface area (Å²) < 4.78 is 48.5. The fourth-order valence-corrected chi connectivity index (χ4v) is 4.44. The summed E-state index contributed by atoms with van der Waals surface area (Å²) in [5.74, 6) is -0.370. The van der Waals surface area contributed by atoms with E-state index in [0.29, 0.717) is 5.69 Å². The molecule has 3 rings (SSSR count). The molecule has 0 bridgehead atoms. The van der Waals surface area contributed by atoms with Crippen LogP contribution in [0.3, 0.4) is 0 Å². The van der Waals surface area contributed by atoms with Crippen LogP contribution in [0.15, 0.2) is 93.8 Å². The molecular weight excluding hydrogens is 424 g/mol. The van der Waals surface area contributed by atoms with Gasteiger partial charge in [-0.05, 0) is 66.2 Å². The zero-order valence-corrected chi connectivity index (χ0v) is 17.5. The van der Waals surface area contributed by atoms with E-state index >= 15 is 0 Å². The highest BCUT2D eigenvalue weighted by Crippen LogP contribution is 2.23. The number of hydrogen-bond donors (Lipinski definition) is 1. The first-order valence-electron chi connectivity index (χ1n) is 8.71. The maximum atomic E-state index is 12.7. The molecule has 154 valence electrons. The molecule has 0 spiro atoms. The normalized spacial score (nSPS) is 12.0. The third-order valence-corrected chi connectivity index (χ3v) is 7.02. The highest BCUT2D eigenvalue weighted by atomic mass is 32.2. The van der Waals surface area contributed by atoms with Gasteiger partial charge in [0.15, 0.2) is 9.84 Å². The van der Waals surface area contributed by atoms with E-state index < -0.39 is 19.7 Å². The number of anilines is 1. The van der Waals surface area contributed by atoms with Crippen molar-refractivity contribution in [3.05, 3.63) is 84.7 Å². The highest BCUT2D eigenvalue weighted by Gasteiger charge is 2.18. The Kier molecular flexibility index (Phi) is 6.14. The summed E-state index contributed by atoms with van der Waals surface area (Å²) >= 11 is 0.